The van der Waals surface area contributed by atoms with Gasteiger partial charge in [0.15, 0.2) is 5.11 Å². The van der Waals surface area contributed by atoms with E-state index < -0.39 is 0 Å². The maximum absolute atomic E-state index is 12.3. The highest BCUT2D eigenvalue weighted by molar-refractivity contribution is 7.80. The first kappa shape index (κ1) is 17.2. The van der Waals surface area contributed by atoms with E-state index in [1.165, 1.54) is 30.4 Å². The van der Waals surface area contributed by atoms with Crippen LogP contribution in [0.15, 0.2) is 18.2 Å². The Kier molecular flexibility index (Phi) is 5.39. The van der Waals surface area contributed by atoms with Gasteiger partial charge < -0.3 is 5.32 Å². The number of benzene rings is 1. The number of fused-ring (bicyclic) bond motifs is 1. The predicted molar refractivity (Wildman–Crippen MR) is 101 cm³/mol. The van der Waals surface area contributed by atoms with Crippen molar-refractivity contribution in [3.05, 3.63) is 34.9 Å². The van der Waals surface area contributed by atoms with E-state index in [2.05, 4.69) is 36.1 Å². The molecule has 4 nitrogen and oxygen atoms in total. The average Bonchev–Trinajstić information content (AvgIpc) is 3.04. The van der Waals surface area contributed by atoms with Crippen molar-refractivity contribution >= 4 is 23.2 Å². The van der Waals surface area contributed by atoms with E-state index in [9.17, 15) is 4.79 Å². The number of hydrogen-bond donors (Lipinski definition) is 3. The van der Waals surface area contributed by atoms with E-state index in [0.29, 0.717) is 28.6 Å². The van der Waals surface area contributed by atoms with E-state index in [-0.39, 0.29) is 5.91 Å². The molecule has 1 fully saturated rings. The number of amides is 1. The normalized spacial score (nSPS) is 25.7. The van der Waals surface area contributed by atoms with Crippen LogP contribution in [0.25, 0.3) is 0 Å². The third-order valence-corrected chi connectivity index (χ3v) is 5.89. The van der Waals surface area contributed by atoms with E-state index in [0.717, 1.165) is 19.3 Å². The van der Waals surface area contributed by atoms with Crippen LogP contribution >= 0.6 is 12.2 Å². The molecule has 0 aromatic heterocycles. The van der Waals surface area contributed by atoms with Gasteiger partial charge in [-0.15, -0.1) is 0 Å². The lowest BCUT2D eigenvalue weighted by atomic mass is 9.78. The Bertz CT molecular complexity index is 631. The molecule has 3 N–H and O–H groups in total. The Hall–Kier alpha value is -1.62. The fraction of sp³-hybridized carbons (Fsp3) is 0.579. The van der Waals surface area contributed by atoms with Crippen LogP contribution in [0.3, 0.4) is 0 Å². The second kappa shape index (κ2) is 7.51. The number of nitrogens with one attached hydrogen (secondary N) is 3. The van der Waals surface area contributed by atoms with Crippen molar-refractivity contribution in [2.24, 2.45) is 11.8 Å². The van der Waals surface area contributed by atoms with E-state index >= 15 is 0 Å². The number of aryl methyl sites for hydroxylation is 2. The summed E-state index contributed by atoms with van der Waals surface area (Å²) in [4.78, 5) is 12.3. The molecule has 0 unspecified atom stereocenters. The maximum atomic E-state index is 12.3. The fourth-order valence-electron chi connectivity index (χ4n) is 3.89. The van der Waals surface area contributed by atoms with Gasteiger partial charge in [0.25, 0.3) is 5.91 Å². The summed E-state index contributed by atoms with van der Waals surface area (Å²) in [6.07, 6.45) is 7.03. The van der Waals surface area contributed by atoms with Crippen LogP contribution in [-0.4, -0.2) is 17.1 Å². The Morgan fingerprint density at radius 1 is 1.08 bits per heavy atom. The molecule has 1 aromatic rings. The molecule has 24 heavy (non-hydrogen) atoms. The first-order valence-corrected chi connectivity index (χ1v) is 9.44. The van der Waals surface area contributed by atoms with Crippen molar-refractivity contribution in [1.82, 2.24) is 16.2 Å². The molecule has 2 aliphatic rings. The predicted octanol–water partition coefficient (Wildman–Crippen LogP) is 3.11. The molecule has 1 saturated carbocycles. The standard InChI is InChI=1S/C19H27N3OS/c1-12-5-3-8-17(13(12)2)20-19(24)22-21-18(23)16-10-9-14-6-4-7-15(14)11-16/h9-13,17H,3-8H2,1-2H3,(H,21,23)(H2,20,22,24)/t12-,13+,17-/m0/s1. The Balaban J connectivity index is 1.50. The summed E-state index contributed by atoms with van der Waals surface area (Å²) in [5.74, 6) is 1.16. The molecule has 1 aromatic carbocycles. The smallest absolute Gasteiger partial charge is 0.269 e. The summed E-state index contributed by atoms with van der Waals surface area (Å²) in [6, 6.07) is 6.34. The second-order valence-corrected chi connectivity index (χ2v) is 7.67. The molecular formula is C19H27N3OS. The lowest BCUT2D eigenvalue weighted by Gasteiger charge is -2.35. The minimum Gasteiger partial charge on any atom is -0.358 e. The highest BCUT2D eigenvalue weighted by atomic mass is 32.1. The highest BCUT2D eigenvalue weighted by Crippen LogP contribution is 2.29. The molecular weight excluding hydrogens is 318 g/mol. The Morgan fingerprint density at radius 2 is 1.88 bits per heavy atom. The molecule has 0 heterocycles. The van der Waals surface area contributed by atoms with Crippen molar-refractivity contribution < 1.29 is 4.79 Å². The zero-order valence-corrected chi connectivity index (χ0v) is 15.3. The minimum atomic E-state index is -0.140. The molecule has 3 rings (SSSR count). The summed E-state index contributed by atoms with van der Waals surface area (Å²) in [7, 11) is 0. The molecule has 0 bridgehead atoms. The van der Waals surface area contributed by atoms with Gasteiger partial charge in [-0.3, -0.25) is 15.6 Å². The summed E-state index contributed by atoms with van der Waals surface area (Å²) in [5, 5.41) is 3.85. The third-order valence-electron chi connectivity index (χ3n) is 5.67. The number of carbonyl (C=O) groups excluding carboxylic acids is 1. The lowest BCUT2D eigenvalue weighted by molar-refractivity contribution is 0.0943. The van der Waals surface area contributed by atoms with Gasteiger partial charge in [-0.1, -0.05) is 32.8 Å². The molecule has 130 valence electrons. The average molecular weight is 346 g/mol. The summed E-state index contributed by atoms with van der Waals surface area (Å²) in [5.41, 5.74) is 8.92. The van der Waals surface area contributed by atoms with Crippen LogP contribution in [0.1, 0.15) is 61.0 Å². The highest BCUT2D eigenvalue weighted by Gasteiger charge is 2.27. The lowest BCUT2D eigenvalue weighted by Crippen LogP contribution is -2.52. The Labute approximate surface area is 149 Å². The largest absolute Gasteiger partial charge is 0.358 e. The second-order valence-electron chi connectivity index (χ2n) is 7.26. The molecule has 2 aliphatic carbocycles. The van der Waals surface area contributed by atoms with Gasteiger partial charge in [-0.2, -0.15) is 0 Å². The van der Waals surface area contributed by atoms with Crippen LogP contribution in [0.4, 0.5) is 0 Å². The van der Waals surface area contributed by atoms with E-state index in [1.807, 2.05) is 12.1 Å². The molecule has 0 aliphatic heterocycles. The number of hydrogen-bond acceptors (Lipinski definition) is 2. The molecule has 0 radical (unpaired) electrons. The SMILES string of the molecule is C[C@H]1[C@@H](NC(=S)NNC(=O)c2ccc3c(c2)CCC3)CCC[C@@H]1C. The zero-order chi connectivity index (χ0) is 17.1. The quantitative estimate of drug-likeness (QED) is 0.569. The monoisotopic (exact) mass is 345 g/mol. The molecule has 0 spiro atoms. The van der Waals surface area contributed by atoms with Gasteiger partial charge in [0.2, 0.25) is 0 Å². The number of carbonyl (C=O) groups is 1. The van der Waals surface area contributed by atoms with Crippen LogP contribution < -0.4 is 16.2 Å². The van der Waals surface area contributed by atoms with Crippen LogP contribution in [-0.2, 0) is 12.8 Å². The zero-order valence-electron chi connectivity index (χ0n) is 14.5. The van der Waals surface area contributed by atoms with Gasteiger partial charge in [0.1, 0.15) is 0 Å². The first-order valence-electron chi connectivity index (χ1n) is 9.03. The molecule has 3 atom stereocenters. The van der Waals surface area contributed by atoms with Gasteiger partial charge >= 0.3 is 0 Å². The first-order chi connectivity index (χ1) is 11.5. The van der Waals surface area contributed by atoms with Crippen LogP contribution in [0.2, 0.25) is 0 Å². The van der Waals surface area contributed by atoms with E-state index in [1.54, 1.807) is 0 Å². The van der Waals surface area contributed by atoms with Crippen LogP contribution in [0, 0.1) is 11.8 Å². The fourth-order valence-corrected chi connectivity index (χ4v) is 4.09. The van der Waals surface area contributed by atoms with Crippen molar-refractivity contribution in [2.75, 3.05) is 0 Å². The van der Waals surface area contributed by atoms with Gasteiger partial charge in [-0.05, 0) is 73.0 Å². The molecule has 0 saturated heterocycles. The van der Waals surface area contributed by atoms with Crippen molar-refractivity contribution in [2.45, 2.75) is 58.4 Å². The molecule has 1 amide bonds. The Morgan fingerprint density at radius 3 is 2.71 bits per heavy atom. The van der Waals surface area contributed by atoms with Gasteiger partial charge in [-0.25, -0.2) is 0 Å². The molecule has 5 heteroatoms. The topological polar surface area (TPSA) is 53.2 Å². The van der Waals surface area contributed by atoms with Crippen molar-refractivity contribution in [3.63, 3.8) is 0 Å². The summed E-state index contributed by atoms with van der Waals surface area (Å²) in [6.45, 7) is 4.57. The van der Waals surface area contributed by atoms with Crippen molar-refractivity contribution in [1.29, 1.82) is 0 Å². The van der Waals surface area contributed by atoms with Gasteiger partial charge in [0, 0.05) is 11.6 Å². The number of rotatable bonds is 2. The van der Waals surface area contributed by atoms with Crippen molar-refractivity contribution in [3.8, 4) is 0 Å². The summed E-state index contributed by atoms with van der Waals surface area (Å²) >= 11 is 5.34. The third kappa shape index (κ3) is 3.89. The van der Waals surface area contributed by atoms with E-state index in [4.69, 9.17) is 12.2 Å². The van der Waals surface area contributed by atoms with Crippen LogP contribution in [0.5, 0.6) is 0 Å². The number of hydrazine groups is 1. The maximum Gasteiger partial charge on any atom is 0.269 e. The van der Waals surface area contributed by atoms with Gasteiger partial charge in [0.05, 0.1) is 0 Å². The minimum absolute atomic E-state index is 0.140. The summed E-state index contributed by atoms with van der Waals surface area (Å²) < 4.78 is 0. The number of thiocarbonyl (C=S) groups is 1.